The molecule has 0 atom stereocenters. The standard InChI is InChI=1S/C17H17N3O4S2/c1-3-10-9(2)26-16(14(10)17(22)23)18-12(21)6-7-13-19-15(20-24-13)11-5-4-8-25-11/h4-5,8H,3,6-7H2,1-2H3,(H,18,21)(H,22,23). The zero-order valence-electron chi connectivity index (χ0n) is 14.2. The highest BCUT2D eigenvalue weighted by Crippen LogP contribution is 2.33. The molecular weight excluding hydrogens is 374 g/mol. The maximum absolute atomic E-state index is 12.2. The SMILES string of the molecule is CCc1c(C)sc(NC(=O)CCc2nc(-c3cccs3)no2)c1C(=O)O. The third-order valence-corrected chi connectivity index (χ3v) is 5.73. The molecule has 9 heteroatoms. The van der Waals surface area contributed by atoms with Crippen molar-refractivity contribution in [3.8, 4) is 10.7 Å². The van der Waals surface area contributed by atoms with Gasteiger partial charge < -0.3 is 14.9 Å². The molecule has 0 radical (unpaired) electrons. The Morgan fingerprint density at radius 1 is 1.38 bits per heavy atom. The summed E-state index contributed by atoms with van der Waals surface area (Å²) in [5.41, 5.74) is 0.941. The van der Waals surface area contributed by atoms with Gasteiger partial charge in [0, 0.05) is 17.7 Å². The van der Waals surface area contributed by atoms with Gasteiger partial charge in [-0.3, -0.25) is 4.79 Å². The van der Waals surface area contributed by atoms with Gasteiger partial charge in [0.15, 0.2) is 0 Å². The second kappa shape index (κ2) is 7.79. The van der Waals surface area contributed by atoms with E-state index in [-0.39, 0.29) is 24.3 Å². The first-order valence-electron chi connectivity index (χ1n) is 8.01. The van der Waals surface area contributed by atoms with E-state index >= 15 is 0 Å². The van der Waals surface area contributed by atoms with Crippen molar-refractivity contribution in [3.05, 3.63) is 39.4 Å². The lowest BCUT2D eigenvalue weighted by molar-refractivity contribution is -0.116. The Morgan fingerprint density at radius 3 is 2.85 bits per heavy atom. The van der Waals surface area contributed by atoms with Crippen molar-refractivity contribution >= 4 is 39.6 Å². The molecule has 3 aromatic rings. The number of aromatic nitrogens is 2. The van der Waals surface area contributed by atoms with Crippen LogP contribution in [0.4, 0.5) is 5.00 Å². The molecule has 0 fully saturated rings. The van der Waals surface area contributed by atoms with Crippen LogP contribution in [-0.4, -0.2) is 27.1 Å². The molecule has 0 spiro atoms. The minimum absolute atomic E-state index is 0.129. The maximum atomic E-state index is 12.2. The van der Waals surface area contributed by atoms with E-state index in [0.717, 1.165) is 15.3 Å². The van der Waals surface area contributed by atoms with Gasteiger partial charge >= 0.3 is 5.97 Å². The lowest BCUT2D eigenvalue weighted by atomic mass is 10.1. The number of hydrogen-bond acceptors (Lipinski definition) is 7. The molecule has 3 rings (SSSR count). The zero-order valence-corrected chi connectivity index (χ0v) is 15.9. The fourth-order valence-electron chi connectivity index (χ4n) is 2.59. The first-order chi connectivity index (χ1) is 12.5. The summed E-state index contributed by atoms with van der Waals surface area (Å²) in [5.74, 6) is -0.435. The molecular formula is C17H17N3O4S2. The van der Waals surface area contributed by atoms with Crippen LogP contribution < -0.4 is 5.32 Å². The first kappa shape index (κ1) is 18.3. The second-order valence-corrected chi connectivity index (χ2v) is 7.71. The number of carbonyl (C=O) groups excluding carboxylic acids is 1. The molecule has 3 heterocycles. The van der Waals surface area contributed by atoms with Crippen LogP contribution >= 0.6 is 22.7 Å². The van der Waals surface area contributed by atoms with Crippen LogP contribution in [0.2, 0.25) is 0 Å². The van der Waals surface area contributed by atoms with Crippen LogP contribution in [0.25, 0.3) is 10.7 Å². The molecule has 7 nitrogen and oxygen atoms in total. The molecule has 0 saturated carbocycles. The van der Waals surface area contributed by atoms with Gasteiger partial charge in [0.1, 0.15) is 5.00 Å². The summed E-state index contributed by atoms with van der Waals surface area (Å²) in [4.78, 5) is 29.8. The minimum atomic E-state index is -1.03. The molecule has 0 unspecified atom stereocenters. The Hall–Kier alpha value is -2.52. The summed E-state index contributed by atoms with van der Waals surface area (Å²) in [6.07, 6.45) is 1.02. The average Bonchev–Trinajstić information content (AvgIpc) is 3.32. The van der Waals surface area contributed by atoms with Gasteiger partial charge in [-0.2, -0.15) is 4.98 Å². The number of carbonyl (C=O) groups is 2. The molecule has 0 saturated heterocycles. The smallest absolute Gasteiger partial charge is 0.339 e. The van der Waals surface area contributed by atoms with Gasteiger partial charge in [0.25, 0.3) is 0 Å². The van der Waals surface area contributed by atoms with Gasteiger partial charge in [-0.05, 0) is 30.4 Å². The number of hydrogen-bond donors (Lipinski definition) is 2. The Labute approximate surface area is 157 Å². The normalized spacial score (nSPS) is 10.8. The number of thiophene rings is 2. The Balaban J connectivity index is 1.64. The van der Waals surface area contributed by atoms with Crippen LogP contribution in [0.5, 0.6) is 0 Å². The lowest BCUT2D eigenvalue weighted by Crippen LogP contribution is -2.14. The van der Waals surface area contributed by atoms with E-state index in [1.165, 1.54) is 22.7 Å². The first-order valence-corrected chi connectivity index (χ1v) is 9.71. The molecule has 0 aromatic carbocycles. The number of aromatic carboxylic acids is 1. The van der Waals surface area contributed by atoms with Crippen molar-refractivity contribution in [2.45, 2.75) is 33.1 Å². The number of carboxylic acid groups (broad SMARTS) is 1. The Morgan fingerprint density at radius 2 is 2.19 bits per heavy atom. The van der Waals surface area contributed by atoms with E-state index in [4.69, 9.17) is 4.52 Å². The fraction of sp³-hybridized carbons (Fsp3) is 0.294. The summed E-state index contributed by atoms with van der Waals surface area (Å²) in [5, 5.41) is 18.3. The highest BCUT2D eigenvalue weighted by Gasteiger charge is 2.22. The fourth-order valence-corrected chi connectivity index (χ4v) is 4.39. The number of amides is 1. The number of aryl methyl sites for hydroxylation is 2. The van der Waals surface area contributed by atoms with Crippen LogP contribution in [0.3, 0.4) is 0 Å². The van der Waals surface area contributed by atoms with E-state index in [2.05, 4.69) is 15.5 Å². The van der Waals surface area contributed by atoms with Gasteiger partial charge in [-0.15, -0.1) is 22.7 Å². The Kier molecular flexibility index (Phi) is 5.48. The molecule has 136 valence electrons. The zero-order chi connectivity index (χ0) is 18.7. The number of carboxylic acids is 1. The summed E-state index contributed by atoms with van der Waals surface area (Å²) in [6.45, 7) is 3.75. The van der Waals surface area contributed by atoms with Gasteiger partial charge in [0.2, 0.25) is 17.6 Å². The van der Waals surface area contributed by atoms with Crippen LogP contribution in [0.15, 0.2) is 22.0 Å². The molecule has 3 aromatic heterocycles. The molecule has 0 aliphatic heterocycles. The highest BCUT2D eigenvalue weighted by molar-refractivity contribution is 7.16. The van der Waals surface area contributed by atoms with E-state index in [9.17, 15) is 14.7 Å². The van der Waals surface area contributed by atoms with E-state index in [1.807, 2.05) is 31.4 Å². The predicted molar refractivity (Wildman–Crippen MR) is 100.0 cm³/mol. The largest absolute Gasteiger partial charge is 0.478 e. The number of nitrogens with zero attached hydrogens (tertiary/aromatic N) is 2. The number of anilines is 1. The van der Waals surface area contributed by atoms with E-state index in [1.54, 1.807) is 0 Å². The summed E-state index contributed by atoms with van der Waals surface area (Å²) < 4.78 is 5.17. The summed E-state index contributed by atoms with van der Waals surface area (Å²) in [7, 11) is 0. The topological polar surface area (TPSA) is 105 Å². The van der Waals surface area contributed by atoms with Crippen LogP contribution in [0.1, 0.15) is 40.0 Å². The molecule has 0 aliphatic carbocycles. The van der Waals surface area contributed by atoms with Crippen LogP contribution in [-0.2, 0) is 17.6 Å². The number of rotatable bonds is 7. The molecule has 0 bridgehead atoms. The molecule has 26 heavy (non-hydrogen) atoms. The van der Waals surface area contributed by atoms with Gasteiger partial charge in [-0.25, -0.2) is 4.79 Å². The van der Waals surface area contributed by atoms with Crippen molar-refractivity contribution < 1.29 is 19.2 Å². The third-order valence-electron chi connectivity index (χ3n) is 3.80. The Bertz CT molecular complexity index is 928. The molecule has 2 N–H and O–H groups in total. The van der Waals surface area contributed by atoms with Gasteiger partial charge in [-0.1, -0.05) is 18.1 Å². The van der Waals surface area contributed by atoms with Crippen LogP contribution in [0, 0.1) is 6.92 Å². The lowest BCUT2D eigenvalue weighted by Gasteiger charge is -2.04. The van der Waals surface area contributed by atoms with Gasteiger partial charge in [0.05, 0.1) is 10.4 Å². The monoisotopic (exact) mass is 391 g/mol. The minimum Gasteiger partial charge on any atom is -0.478 e. The van der Waals surface area contributed by atoms with Crippen molar-refractivity contribution in [2.24, 2.45) is 0 Å². The summed E-state index contributed by atoms with van der Waals surface area (Å²) in [6, 6.07) is 3.79. The van der Waals surface area contributed by atoms with E-state index < -0.39 is 5.97 Å². The highest BCUT2D eigenvalue weighted by atomic mass is 32.1. The average molecular weight is 391 g/mol. The van der Waals surface area contributed by atoms with Crippen molar-refractivity contribution in [1.82, 2.24) is 10.1 Å². The second-order valence-electron chi connectivity index (χ2n) is 5.54. The molecule has 0 aliphatic rings. The number of nitrogens with one attached hydrogen (secondary N) is 1. The quantitative estimate of drug-likeness (QED) is 0.631. The van der Waals surface area contributed by atoms with Crippen molar-refractivity contribution in [1.29, 1.82) is 0 Å². The van der Waals surface area contributed by atoms with Crippen molar-refractivity contribution in [2.75, 3.05) is 5.32 Å². The third kappa shape index (κ3) is 3.83. The molecule has 1 amide bonds. The summed E-state index contributed by atoms with van der Waals surface area (Å²) >= 11 is 2.79. The predicted octanol–water partition coefficient (Wildman–Crippen LogP) is 4.00. The van der Waals surface area contributed by atoms with Crippen molar-refractivity contribution in [3.63, 3.8) is 0 Å². The van der Waals surface area contributed by atoms with E-state index in [0.29, 0.717) is 23.1 Å². The maximum Gasteiger partial charge on any atom is 0.339 e.